The number of aryl methyl sites for hydroxylation is 1. The van der Waals surface area contributed by atoms with Crippen LogP contribution in [0.5, 0.6) is 0 Å². The zero-order chi connectivity index (χ0) is 30.6. The first-order valence-electron chi connectivity index (χ1n) is 12.4. The van der Waals surface area contributed by atoms with Crippen LogP contribution in [0.3, 0.4) is 0 Å². The Morgan fingerprint density at radius 2 is 1.93 bits per heavy atom. The van der Waals surface area contributed by atoms with E-state index < -0.39 is 60.3 Å². The molecule has 42 heavy (non-hydrogen) atoms. The number of rotatable bonds is 10. The van der Waals surface area contributed by atoms with Gasteiger partial charge in [0.1, 0.15) is 23.6 Å². The molecule has 1 fully saturated rings. The highest BCUT2D eigenvalue weighted by molar-refractivity contribution is 6.01. The maximum Gasteiger partial charge on any atom is 0.410 e. The van der Waals surface area contributed by atoms with Gasteiger partial charge in [0.15, 0.2) is 17.3 Å². The summed E-state index contributed by atoms with van der Waals surface area (Å²) in [6.45, 7) is 0.816. The maximum atomic E-state index is 14.1. The van der Waals surface area contributed by atoms with E-state index in [0.717, 1.165) is 23.1 Å². The van der Waals surface area contributed by atoms with Gasteiger partial charge in [-0.25, -0.2) is 23.2 Å². The van der Waals surface area contributed by atoms with Gasteiger partial charge < -0.3 is 25.6 Å². The number of nitrogens with zero attached hydrogens (tertiary/aromatic N) is 4. The van der Waals surface area contributed by atoms with Crippen LogP contribution in [0.25, 0.3) is 0 Å². The molecule has 0 aliphatic carbocycles. The zero-order valence-corrected chi connectivity index (χ0v) is 22.0. The SMILES string of the molecule is CCc1nonc1C(=O)N[C@H](C(=O)Nc1cc([C@@H](COC)N2C[C@@H](C(F)(F)F)NC2=O)ccn1)c1ccc(F)c(F)c1. The molecule has 1 saturated heterocycles. The Labute approximate surface area is 234 Å². The molecule has 4 amide bonds. The molecule has 1 aromatic carbocycles. The van der Waals surface area contributed by atoms with Crippen molar-refractivity contribution in [1.82, 2.24) is 30.8 Å². The minimum Gasteiger partial charge on any atom is -0.382 e. The minimum absolute atomic E-state index is 0.121. The standard InChI is InChI=1S/C25H24F5N7O5/c1-3-16-21(36-42-35-16)23(39)34-20(13-4-5-14(26)15(27)8-13)22(38)33-19-9-12(6-7-31-19)17(11-41-2)37-10-18(25(28,29)30)32-24(37)40/h4-9,17-18,20H,3,10-11H2,1-2H3,(H,32,40)(H,34,39)(H,31,33,38)/t17-,18+,20+/m1/s1. The average Bonchev–Trinajstić information content (AvgIpc) is 3.58. The summed E-state index contributed by atoms with van der Waals surface area (Å²) in [5.41, 5.74) is 0.111. The van der Waals surface area contributed by atoms with Crippen LogP contribution < -0.4 is 16.0 Å². The summed E-state index contributed by atoms with van der Waals surface area (Å²) in [6, 6.07) is -0.315. The number of aromatic nitrogens is 3. The monoisotopic (exact) mass is 597 g/mol. The molecule has 3 aromatic rings. The second-order valence-electron chi connectivity index (χ2n) is 9.12. The van der Waals surface area contributed by atoms with E-state index in [4.69, 9.17) is 4.74 Å². The molecule has 17 heteroatoms. The zero-order valence-electron chi connectivity index (χ0n) is 22.0. The third-order valence-electron chi connectivity index (χ3n) is 6.37. The van der Waals surface area contributed by atoms with Crippen molar-refractivity contribution in [2.75, 3.05) is 25.6 Å². The molecule has 1 aliphatic rings. The first kappa shape index (κ1) is 30.3. The lowest BCUT2D eigenvalue weighted by Crippen LogP contribution is -2.40. The van der Waals surface area contributed by atoms with E-state index >= 15 is 0 Å². The number of benzene rings is 1. The number of hydrogen-bond acceptors (Lipinski definition) is 8. The van der Waals surface area contributed by atoms with Gasteiger partial charge in [0.25, 0.3) is 11.8 Å². The number of pyridine rings is 1. The normalized spacial score (nSPS) is 16.6. The molecule has 0 unspecified atom stereocenters. The molecule has 4 rings (SSSR count). The van der Waals surface area contributed by atoms with E-state index in [1.165, 1.54) is 25.4 Å². The van der Waals surface area contributed by atoms with Crippen LogP contribution in [-0.4, -0.2) is 70.5 Å². The van der Waals surface area contributed by atoms with Crippen molar-refractivity contribution >= 4 is 23.7 Å². The number of amides is 4. The fourth-order valence-corrected chi connectivity index (χ4v) is 4.26. The number of halogens is 5. The Morgan fingerprint density at radius 3 is 2.57 bits per heavy atom. The summed E-state index contributed by atoms with van der Waals surface area (Å²) in [6.07, 6.45) is -3.16. The fourth-order valence-electron chi connectivity index (χ4n) is 4.26. The predicted molar refractivity (Wildman–Crippen MR) is 133 cm³/mol. The van der Waals surface area contributed by atoms with Crippen LogP contribution in [-0.2, 0) is 16.0 Å². The Morgan fingerprint density at radius 1 is 1.17 bits per heavy atom. The quantitative estimate of drug-likeness (QED) is 0.302. The number of ether oxygens (including phenoxy) is 1. The smallest absolute Gasteiger partial charge is 0.382 e. The van der Waals surface area contributed by atoms with Crippen LogP contribution in [0.2, 0.25) is 0 Å². The van der Waals surface area contributed by atoms with Crippen LogP contribution in [0.4, 0.5) is 32.6 Å². The highest BCUT2D eigenvalue weighted by atomic mass is 19.4. The number of carbonyl (C=O) groups is 3. The van der Waals surface area contributed by atoms with E-state index in [-0.39, 0.29) is 41.4 Å². The van der Waals surface area contributed by atoms with E-state index in [2.05, 4.69) is 30.6 Å². The second-order valence-corrected chi connectivity index (χ2v) is 9.12. The van der Waals surface area contributed by atoms with E-state index in [1.807, 2.05) is 5.32 Å². The number of alkyl halides is 3. The summed E-state index contributed by atoms with van der Waals surface area (Å²) in [4.78, 5) is 43.6. The van der Waals surface area contributed by atoms with Gasteiger partial charge in [-0.3, -0.25) is 9.59 Å². The van der Waals surface area contributed by atoms with Crippen molar-refractivity contribution < 1.29 is 45.7 Å². The van der Waals surface area contributed by atoms with Gasteiger partial charge in [-0.1, -0.05) is 18.1 Å². The first-order valence-corrected chi connectivity index (χ1v) is 12.4. The summed E-state index contributed by atoms with van der Waals surface area (Å²) < 4.78 is 77.1. The van der Waals surface area contributed by atoms with Crippen molar-refractivity contribution in [3.05, 3.63) is 70.7 Å². The molecule has 0 saturated carbocycles. The molecule has 2 aromatic heterocycles. The third-order valence-corrected chi connectivity index (χ3v) is 6.37. The molecule has 3 N–H and O–H groups in total. The minimum atomic E-state index is -4.67. The van der Waals surface area contributed by atoms with Gasteiger partial charge in [0, 0.05) is 13.3 Å². The summed E-state index contributed by atoms with van der Waals surface area (Å²) in [5.74, 6) is -4.41. The van der Waals surface area contributed by atoms with Crippen LogP contribution >= 0.6 is 0 Å². The Kier molecular flexibility index (Phi) is 8.99. The van der Waals surface area contributed by atoms with Crippen LogP contribution in [0.1, 0.15) is 46.3 Å². The van der Waals surface area contributed by atoms with Crippen LogP contribution in [0.15, 0.2) is 41.2 Å². The number of carbonyl (C=O) groups excluding carboxylic acids is 3. The lowest BCUT2D eigenvalue weighted by molar-refractivity contribution is -0.150. The molecule has 3 heterocycles. The molecule has 12 nitrogen and oxygen atoms in total. The highest BCUT2D eigenvalue weighted by Gasteiger charge is 2.48. The van der Waals surface area contributed by atoms with Gasteiger partial charge in [-0.05, 0) is 47.0 Å². The molecular weight excluding hydrogens is 573 g/mol. The number of hydrogen-bond donors (Lipinski definition) is 3. The summed E-state index contributed by atoms with van der Waals surface area (Å²) in [5, 5.41) is 13.8. The first-order chi connectivity index (χ1) is 19.9. The molecule has 3 atom stereocenters. The molecular formula is C25H24F5N7O5. The summed E-state index contributed by atoms with van der Waals surface area (Å²) in [7, 11) is 1.30. The van der Waals surface area contributed by atoms with Crippen molar-refractivity contribution in [3.8, 4) is 0 Å². The Balaban J connectivity index is 1.60. The van der Waals surface area contributed by atoms with Crippen molar-refractivity contribution in [3.63, 3.8) is 0 Å². The number of methoxy groups -OCH3 is 1. The second kappa shape index (κ2) is 12.5. The Hall–Kier alpha value is -4.67. The van der Waals surface area contributed by atoms with Gasteiger partial charge in [0.2, 0.25) is 0 Å². The molecule has 224 valence electrons. The third kappa shape index (κ3) is 6.62. The number of urea groups is 1. The van der Waals surface area contributed by atoms with Gasteiger partial charge in [-0.15, -0.1) is 0 Å². The lowest BCUT2D eigenvalue weighted by Gasteiger charge is -2.27. The van der Waals surface area contributed by atoms with Gasteiger partial charge >= 0.3 is 12.2 Å². The lowest BCUT2D eigenvalue weighted by atomic mass is 10.0. The fraction of sp³-hybridized carbons (Fsp3) is 0.360. The van der Waals surface area contributed by atoms with Gasteiger partial charge in [-0.2, -0.15) is 13.2 Å². The Bertz CT molecular complexity index is 1470. The van der Waals surface area contributed by atoms with E-state index in [0.29, 0.717) is 0 Å². The number of anilines is 1. The van der Waals surface area contributed by atoms with Crippen LogP contribution in [0, 0.1) is 11.6 Å². The average molecular weight is 598 g/mol. The van der Waals surface area contributed by atoms with Gasteiger partial charge in [0.05, 0.1) is 19.2 Å². The molecule has 0 spiro atoms. The van der Waals surface area contributed by atoms with E-state index in [9.17, 15) is 36.3 Å². The highest BCUT2D eigenvalue weighted by Crippen LogP contribution is 2.31. The van der Waals surface area contributed by atoms with E-state index in [1.54, 1.807) is 6.92 Å². The summed E-state index contributed by atoms with van der Waals surface area (Å²) >= 11 is 0. The molecule has 1 aliphatic heterocycles. The molecule has 0 bridgehead atoms. The number of nitrogens with one attached hydrogen (secondary N) is 3. The van der Waals surface area contributed by atoms with Crippen molar-refractivity contribution in [1.29, 1.82) is 0 Å². The molecule has 0 radical (unpaired) electrons. The largest absolute Gasteiger partial charge is 0.410 e. The topological polar surface area (TPSA) is 152 Å². The maximum absolute atomic E-state index is 14.1. The predicted octanol–water partition coefficient (Wildman–Crippen LogP) is 3.06. The van der Waals surface area contributed by atoms with Crippen molar-refractivity contribution in [2.24, 2.45) is 0 Å². The van der Waals surface area contributed by atoms with Crippen molar-refractivity contribution in [2.45, 2.75) is 37.6 Å².